The Morgan fingerprint density at radius 3 is 2.33 bits per heavy atom. The Morgan fingerprint density at radius 1 is 0.917 bits per heavy atom. The number of hydrogen-bond donors (Lipinski definition) is 2. The molecule has 2 aromatic rings. The lowest BCUT2D eigenvalue weighted by Crippen LogP contribution is -2.18. The lowest BCUT2D eigenvalue weighted by molar-refractivity contribution is 0.167. The minimum absolute atomic E-state index is 0.485. The van der Waals surface area contributed by atoms with Crippen LogP contribution in [0, 0.1) is 0 Å². The number of hydrogen-bond acceptors (Lipinski definition) is 2. The third-order valence-corrected chi connectivity index (χ3v) is 4.67. The predicted octanol–water partition coefficient (Wildman–Crippen LogP) is 4.80. The normalized spacial score (nSPS) is 13.6. The maximum atomic E-state index is 9.37. The quantitative estimate of drug-likeness (QED) is 0.616. The van der Waals surface area contributed by atoms with E-state index in [9.17, 15) is 5.11 Å². The van der Waals surface area contributed by atoms with E-state index in [-0.39, 0.29) is 0 Å². The molecule has 2 unspecified atom stereocenters. The molecule has 0 spiro atoms. The van der Waals surface area contributed by atoms with Gasteiger partial charge in [-0.15, -0.1) is 0 Å². The molecule has 0 saturated heterocycles. The Bertz CT molecular complexity index is 580. The van der Waals surface area contributed by atoms with Crippen LogP contribution in [0.3, 0.4) is 0 Å². The number of aliphatic hydroxyl groups is 1. The van der Waals surface area contributed by atoms with Gasteiger partial charge in [0.1, 0.15) is 6.23 Å². The highest BCUT2D eigenvalue weighted by molar-refractivity contribution is 5.32. The van der Waals surface area contributed by atoms with Gasteiger partial charge in [0, 0.05) is 0 Å². The van der Waals surface area contributed by atoms with Crippen molar-refractivity contribution in [3.05, 3.63) is 71.3 Å². The van der Waals surface area contributed by atoms with Crippen LogP contribution < -0.4 is 5.73 Å². The standard InChI is InChI=1S/C22H31NO/c1-2-3-12-19-13-7-8-15-21(19)20(14-9-16-22(23)24)17-18-10-5-4-6-11-18/h4-8,10-11,13,15,20,22,24H,2-3,9,12,14,16-17,23H2,1H3. The van der Waals surface area contributed by atoms with Crippen LogP contribution in [0.25, 0.3) is 0 Å². The number of rotatable bonds is 10. The van der Waals surface area contributed by atoms with Gasteiger partial charge in [-0.2, -0.15) is 0 Å². The third-order valence-electron chi connectivity index (χ3n) is 4.67. The first-order chi connectivity index (χ1) is 11.7. The summed E-state index contributed by atoms with van der Waals surface area (Å²) in [6.07, 6.45) is 6.64. The molecular weight excluding hydrogens is 294 g/mol. The second kappa shape index (κ2) is 10.3. The lowest BCUT2D eigenvalue weighted by atomic mass is 9.84. The molecular formula is C22H31NO. The van der Waals surface area contributed by atoms with Gasteiger partial charge >= 0.3 is 0 Å². The van der Waals surface area contributed by atoms with Gasteiger partial charge in [0.2, 0.25) is 0 Å². The van der Waals surface area contributed by atoms with Gasteiger partial charge in [-0.1, -0.05) is 67.9 Å². The van der Waals surface area contributed by atoms with Gasteiger partial charge in [-0.25, -0.2) is 0 Å². The summed E-state index contributed by atoms with van der Waals surface area (Å²) in [6, 6.07) is 19.6. The minimum atomic E-state index is -0.697. The molecule has 3 N–H and O–H groups in total. The molecule has 24 heavy (non-hydrogen) atoms. The Kier molecular flexibility index (Phi) is 8.00. The van der Waals surface area contributed by atoms with Crippen LogP contribution in [0.2, 0.25) is 0 Å². The van der Waals surface area contributed by atoms with E-state index in [1.165, 1.54) is 29.5 Å². The summed E-state index contributed by atoms with van der Waals surface area (Å²) >= 11 is 0. The van der Waals surface area contributed by atoms with Crippen LogP contribution in [0.5, 0.6) is 0 Å². The minimum Gasteiger partial charge on any atom is -0.379 e. The van der Waals surface area contributed by atoms with Crippen LogP contribution in [0.1, 0.15) is 61.6 Å². The number of aliphatic hydroxyl groups excluding tert-OH is 1. The molecule has 130 valence electrons. The number of aryl methyl sites for hydroxylation is 1. The maximum Gasteiger partial charge on any atom is 0.102 e. The van der Waals surface area contributed by atoms with Gasteiger partial charge in [-0.05, 0) is 61.1 Å². The fraction of sp³-hybridized carbons (Fsp3) is 0.455. The molecule has 0 aromatic heterocycles. The van der Waals surface area contributed by atoms with Crippen molar-refractivity contribution >= 4 is 0 Å². The fourth-order valence-electron chi connectivity index (χ4n) is 3.37. The van der Waals surface area contributed by atoms with Crippen LogP contribution >= 0.6 is 0 Å². The highest BCUT2D eigenvalue weighted by Gasteiger charge is 2.16. The molecule has 0 amide bonds. The average Bonchev–Trinajstić information content (AvgIpc) is 2.60. The smallest absolute Gasteiger partial charge is 0.102 e. The van der Waals surface area contributed by atoms with Gasteiger partial charge in [-0.3, -0.25) is 0 Å². The fourth-order valence-corrected chi connectivity index (χ4v) is 3.37. The average molecular weight is 325 g/mol. The van der Waals surface area contributed by atoms with Gasteiger partial charge in [0.25, 0.3) is 0 Å². The number of unbranched alkanes of at least 4 members (excludes halogenated alkanes) is 1. The largest absolute Gasteiger partial charge is 0.379 e. The molecule has 0 bridgehead atoms. The zero-order chi connectivity index (χ0) is 17.2. The monoisotopic (exact) mass is 325 g/mol. The van der Waals surface area contributed by atoms with E-state index < -0.39 is 6.23 Å². The van der Waals surface area contributed by atoms with Crippen LogP contribution in [-0.4, -0.2) is 11.3 Å². The van der Waals surface area contributed by atoms with E-state index in [0.29, 0.717) is 12.3 Å². The third kappa shape index (κ3) is 6.10. The molecule has 0 heterocycles. The second-order valence-electron chi connectivity index (χ2n) is 6.69. The molecule has 2 aromatic carbocycles. The van der Waals surface area contributed by atoms with E-state index in [4.69, 9.17) is 5.73 Å². The van der Waals surface area contributed by atoms with Crippen molar-refractivity contribution in [2.24, 2.45) is 5.73 Å². The van der Waals surface area contributed by atoms with E-state index in [0.717, 1.165) is 25.7 Å². The number of benzene rings is 2. The van der Waals surface area contributed by atoms with Crippen LogP contribution in [-0.2, 0) is 12.8 Å². The van der Waals surface area contributed by atoms with Crippen molar-refractivity contribution in [1.29, 1.82) is 0 Å². The Balaban J connectivity index is 2.17. The van der Waals surface area contributed by atoms with E-state index >= 15 is 0 Å². The van der Waals surface area contributed by atoms with Crippen LogP contribution in [0.15, 0.2) is 54.6 Å². The van der Waals surface area contributed by atoms with Crippen molar-refractivity contribution in [3.8, 4) is 0 Å². The van der Waals surface area contributed by atoms with Crippen molar-refractivity contribution in [3.63, 3.8) is 0 Å². The van der Waals surface area contributed by atoms with E-state index in [1.807, 2.05) is 0 Å². The summed E-state index contributed by atoms with van der Waals surface area (Å²) in [4.78, 5) is 0. The second-order valence-corrected chi connectivity index (χ2v) is 6.69. The van der Waals surface area contributed by atoms with Gasteiger partial charge < -0.3 is 10.8 Å². The van der Waals surface area contributed by atoms with Gasteiger partial charge in [0.05, 0.1) is 0 Å². The molecule has 0 saturated carbocycles. The molecule has 0 aliphatic carbocycles. The van der Waals surface area contributed by atoms with Crippen LogP contribution in [0.4, 0.5) is 0 Å². The predicted molar refractivity (Wildman–Crippen MR) is 102 cm³/mol. The van der Waals surface area contributed by atoms with Crippen molar-refractivity contribution < 1.29 is 5.11 Å². The molecule has 0 fully saturated rings. The summed E-state index contributed by atoms with van der Waals surface area (Å²) in [5.41, 5.74) is 9.85. The van der Waals surface area contributed by atoms with Gasteiger partial charge in [0.15, 0.2) is 0 Å². The first-order valence-electron chi connectivity index (χ1n) is 9.26. The van der Waals surface area contributed by atoms with Crippen molar-refractivity contribution in [2.75, 3.05) is 0 Å². The summed E-state index contributed by atoms with van der Waals surface area (Å²) in [5.74, 6) is 0.485. The molecule has 2 nitrogen and oxygen atoms in total. The highest BCUT2D eigenvalue weighted by Crippen LogP contribution is 2.30. The first-order valence-corrected chi connectivity index (χ1v) is 9.26. The maximum absolute atomic E-state index is 9.37. The Labute approximate surface area is 146 Å². The van der Waals surface area contributed by atoms with Crippen molar-refractivity contribution in [2.45, 2.75) is 64.0 Å². The zero-order valence-corrected chi connectivity index (χ0v) is 14.8. The Morgan fingerprint density at radius 2 is 1.62 bits per heavy atom. The zero-order valence-electron chi connectivity index (χ0n) is 14.8. The first kappa shape index (κ1) is 18.7. The summed E-state index contributed by atoms with van der Waals surface area (Å²) in [6.45, 7) is 2.24. The molecule has 2 rings (SSSR count). The Hall–Kier alpha value is -1.64. The molecule has 0 aliphatic rings. The van der Waals surface area contributed by atoms with E-state index in [1.54, 1.807) is 0 Å². The lowest BCUT2D eigenvalue weighted by Gasteiger charge is -2.21. The summed E-state index contributed by atoms with van der Waals surface area (Å²) in [5, 5.41) is 9.37. The highest BCUT2D eigenvalue weighted by atomic mass is 16.3. The topological polar surface area (TPSA) is 46.2 Å². The van der Waals surface area contributed by atoms with Crippen molar-refractivity contribution in [1.82, 2.24) is 0 Å². The molecule has 2 heteroatoms. The molecule has 0 radical (unpaired) electrons. The molecule has 0 aliphatic heterocycles. The summed E-state index contributed by atoms with van der Waals surface area (Å²) in [7, 11) is 0. The summed E-state index contributed by atoms with van der Waals surface area (Å²) < 4.78 is 0. The number of nitrogens with two attached hydrogens (primary N) is 1. The molecule has 2 atom stereocenters. The van der Waals surface area contributed by atoms with E-state index in [2.05, 4.69) is 61.5 Å². The SMILES string of the molecule is CCCCc1ccccc1C(CCCC(N)O)Cc1ccccc1.